The Bertz CT molecular complexity index is 1930. The number of likely N-dealkylation sites (tertiary alicyclic amines) is 2. The van der Waals surface area contributed by atoms with E-state index in [0.717, 1.165) is 49.9 Å². The summed E-state index contributed by atoms with van der Waals surface area (Å²) in [6.45, 7) is 12.6. The lowest BCUT2D eigenvalue weighted by Gasteiger charge is -2.54. The molecular formula is C39H47F3N8O2. The van der Waals surface area contributed by atoms with Crippen LogP contribution < -0.4 is 20.3 Å². The highest BCUT2D eigenvalue weighted by Crippen LogP contribution is 2.53. The number of nitrogens with one attached hydrogen (secondary N) is 1. The summed E-state index contributed by atoms with van der Waals surface area (Å²) in [5.74, 6) is 1.30. The molecule has 5 fully saturated rings. The van der Waals surface area contributed by atoms with E-state index in [1.54, 1.807) is 6.07 Å². The minimum absolute atomic E-state index is 0.0282. The van der Waals surface area contributed by atoms with Crippen LogP contribution in [0.4, 0.5) is 30.6 Å². The number of carbonyl (C=O) groups is 1. The van der Waals surface area contributed by atoms with E-state index < -0.39 is 12.8 Å². The summed E-state index contributed by atoms with van der Waals surface area (Å²) < 4.78 is 48.1. The Kier molecular flexibility index (Phi) is 8.43. The molecule has 0 unspecified atom stereocenters. The van der Waals surface area contributed by atoms with E-state index in [2.05, 4.69) is 34.3 Å². The first-order valence-corrected chi connectivity index (χ1v) is 18.5. The number of hydrogen-bond acceptors (Lipinski definition) is 9. The summed E-state index contributed by atoms with van der Waals surface area (Å²) in [6, 6.07) is 5.64. The Hall–Kier alpha value is -4.39. The number of halogens is 3. The van der Waals surface area contributed by atoms with Crippen molar-refractivity contribution in [2.75, 3.05) is 74.5 Å². The number of fused-ring (bicyclic) bond motifs is 1. The first kappa shape index (κ1) is 34.7. The number of benzene rings is 2. The van der Waals surface area contributed by atoms with Crippen LogP contribution in [0.15, 0.2) is 30.9 Å². The minimum Gasteiger partial charge on any atom is -0.481 e. The molecule has 1 aliphatic carbocycles. The van der Waals surface area contributed by atoms with E-state index in [0.29, 0.717) is 84.3 Å². The fraction of sp³-hybridized carbons (Fsp3) is 0.538. The molecule has 1 spiro atoms. The van der Waals surface area contributed by atoms with Gasteiger partial charge in [-0.05, 0) is 106 Å². The lowest BCUT2D eigenvalue weighted by molar-refractivity contribution is -0.153. The summed E-state index contributed by atoms with van der Waals surface area (Å²) in [5, 5.41) is 8.97. The normalized spacial score (nSPS) is 21.3. The molecule has 1 aromatic heterocycles. The van der Waals surface area contributed by atoms with E-state index in [-0.39, 0.29) is 28.5 Å². The standard InChI is InChI=1S/C39H47F3N8O2/c1-4-30(51)48-21-38(22-48)11-15-47(16-12-38)35-27-17-26(25-8-9-25)32(31-24(2)7-10-29(44)28(31)18-43)34(52-23-39(40,41)42)33(27)45-36(46-35)49-19-37(3,20-49)50-13-5-6-14-50/h4,7,10,17-18,25,43H,1,5-6,8-9,11-16,19-23,44H2,2-3H3. The number of rotatable bonds is 9. The van der Waals surface area contributed by atoms with Crippen molar-refractivity contribution in [2.24, 2.45) is 5.41 Å². The number of amides is 1. The van der Waals surface area contributed by atoms with Gasteiger partial charge in [0.15, 0.2) is 12.4 Å². The zero-order chi connectivity index (χ0) is 36.6. The number of carbonyl (C=O) groups excluding carboxylic acids is 1. The van der Waals surface area contributed by atoms with Gasteiger partial charge in [-0.15, -0.1) is 0 Å². The van der Waals surface area contributed by atoms with Crippen molar-refractivity contribution in [2.45, 2.75) is 70.0 Å². The maximum absolute atomic E-state index is 14.1. The van der Waals surface area contributed by atoms with Gasteiger partial charge in [0.25, 0.3) is 0 Å². The highest BCUT2D eigenvalue weighted by atomic mass is 19.4. The third-order valence-corrected chi connectivity index (χ3v) is 12.1. The third-order valence-electron chi connectivity index (χ3n) is 12.1. The Labute approximate surface area is 302 Å². The molecule has 5 aliphatic rings. The number of aromatic nitrogens is 2. The van der Waals surface area contributed by atoms with Crippen LogP contribution >= 0.6 is 0 Å². The molecule has 0 radical (unpaired) electrons. The first-order valence-electron chi connectivity index (χ1n) is 18.5. The van der Waals surface area contributed by atoms with Crippen LogP contribution in [0.1, 0.15) is 68.1 Å². The van der Waals surface area contributed by atoms with E-state index in [1.165, 1.54) is 25.1 Å². The Morgan fingerprint density at radius 2 is 1.75 bits per heavy atom. The Morgan fingerprint density at radius 1 is 1.06 bits per heavy atom. The Morgan fingerprint density at radius 3 is 2.37 bits per heavy atom. The van der Waals surface area contributed by atoms with Crippen molar-refractivity contribution >= 4 is 40.5 Å². The summed E-state index contributed by atoms with van der Waals surface area (Å²) in [5.41, 5.74) is 10.4. The second kappa shape index (κ2) is 12.6. The molecule has 1 saturated carbocycles. The van der Waals surface area contributed by atoms with E-state index in [4.69, 9.17) is 25.8 Å². The van der Waals surface area contributed by atoms with Gasteiger partial charge in [0.2, 0.25) is 11.9 Å². The minimum atomic E-state index is -4.59. The van der Waals surface area contributed by atoms with Gasteiger partial charge in [-0.3, -0.25) is 9.69 Å². The van der Waals surface area contributed by atoms with Crippen molar-refractivity contribution < 1.29 is 22.7 Å². The topological polar surface area (TPSA) is 115 Å². The molecule has 4 saturated heterocycles. The average molecular weight is 717 g/mol. The number of nitrogens with two attached hydrogens (primary N) is 1. The SMILES string of the molecule is C=CC(=O)N1CC2(CCN(c3nc(N4CC(C)(N5CCCC5)C4)nc4c(OCC(F)(F)F)c(-c5c(C)ccc(N)c5C=N)c(C5CC5)cc34)CC2)C1. The van der Waals surface area contributed by atoms with Gasteiger partial charge < -0.3 is 30.6 Å². The van der Waals surface area contributed by atoms with Crippen LogP contribution in [0.3, 0.4) is 0 Å². The summed E-state index contributed by atoms with van der Waals surface area (Å²) in [4.78, 5) is 31.3. The molecule has 5 heterocycles. The molecule has 10 nitrogen and oxygen atoms in total. The smallest absolute Gasteiger partial charge is 0.422 e. The van der Waals surface area contributed by atoms with Gasteiger partial charge in [-0.1, -0.05) is 12.6 Å². The molecule has 3 N–H and O–H groups in total. The van der Waals surface area contributed by atoms with Gasteiger partial charge >= 0.3 is 6.18 Å². The van der Waals surface area contributed by atoms with Crippen molar-refractivity contribution in [3.05, 3.63) is 47.5 Å². The van der Waals surface area contributed by atoms with E-state index >= 15 is 0 Å². The molecule has 4 aliphatic heterocycles. The van der Waals surface area contributed by atoms with Crippen molar-refractivity contribution in [1.29, 1.82) is 5.41 Å². The number of aryl methyl sites for hydroxylation is 1. The molecule has 3 aromatic rings. The predicted molar refractivity (Wildman–Crippen MR) is 198 cm³/mol. The van der Waals surface area contributed by atoms with Crippen LogP contribution in [0.25, 0.3) is 22.0 Å². The number of ether oxygens (including phenoxy) is 1. The predicted octanol–water partition coefficient (Wildman–Crippen LogP) is 6.29. The molecule has 0 atom stereocenters. The van der Waals surface area contributed by atoms with Gasteiger partial charge in [-0.25, -0.2) is 4.98 Å². The number of anilines is 3. The molecule has 8 rings (SSSR count). The first-order chi connectivity index (χ1) is 24.8. The molecule has 13 heteroatoms. The van der Waals surface area contributed by atoms with Gasteiger partial charge in [-0.2, -0.15) is 18.2 Å². The Balaban J connectivity index is 1.29. The maximum Gasteiger partial charge on any atom is 0.422 e. The number of nitrogen functional groups attached to an aromatic ring is 1. The maximum atomic E-state index is 14.1. The monoisotopic (exact) mass is 716 g/mol. The van der Waals surface area contributed by atoms with Crippen molar-refractivity contribution in [1.82, 2.24) is 19.8 Å². The molecule has 1 amide bonds. The molecule has 0 bridgehead atoms. The molecular weight excluding hydrogens is 669 g/mol. The fourth-order valence-corrected chi connectivity index (χ4v) is 9.04. The summed E-state index contributed by atoms with van der Waals surface area (Å²) >= 11 is 0. The summed E-state index contributed by atoms with van der Waals surface area (Å²) in [7, 11) is 0. The van der Waals surface area contributed by atoms with Crippen LogP contribution in [0, 0.1) is 17.7 Å². The molecule has 276 valence electrons. The fourth-order valence-electron chi connectivity index (χ4n) is 9.04. The number of nitrogens with zero attached hydrogens (tertiary/aromatic N) is 6. The second-order valence-electron chi connectivity index (χ2n) is 15.9. The van der Waals surface area contributed by atoms with Crippen molar-refractivity contribution in [3.8, 4) is 16.9 Å². The third kappa shape index (κ3) is 6.04. The van der Waals surface area contributed by atoms with Crippen LogP contribution in [-0.2, 0) is 4.79 Å². The molecule has 2 aromatic carbocycles. The number of hydrogen-bond donors (Lipinski definition) is 2. The van der Waals surface area contributed by atoms with Crippen LogP contribution in [0.5, 0.6) is 5.75 Å². The lowest BCUT2D eigenvalue weighted by atomic mass is 9.72. The number of piperidine rings is 1. The van der Waals surface area contributed by atoms with Crippen molar-refractivity contribution in [3.63, 3.8) is 0 Å². The zero-order valence-electron chi connectivity index (χ0n) is 30.0. The largest absolute Gasteiger partial charge is 0.481 e. The zero-order valence-corrected chi connectivity index (χ0v) is 30.0. The van der Waals surface area contributed by atoms with Crippen LogP contribution in [-0.4, -0.2) is 103 Å². The highest BCUT2D eigenvalue weighted by molar-refractivity contribution is 6.05. The average Bonchev–Trinajstić information content (AvgIpc) is 3.79. The van der Waals surface area contributed by atoms with E-state index in [9.17, 15) is 18.0 Å². The summed E-state index contributed by atoms with van der Waals surface area (Å²) in [6.07, 6.45) is 3.81. The van der Waals surface area contributed by atoms with Crippen LogP contribution in [0.2, 0.25) is 0 Å². The highest BCUT2D eigenvalue weighted by Gasteiger charge is 2.48. The van der Waals surface area contributed by atoms with Gasteiger partial charge in [0.1, 0.15) is 11.3 Å². The lowest BCUT2D eigenvalue weighted by Crippen LogP contribution is -2.68. The van der Waals surface area contributed by atoms with Gasteiger partial charge in [0.05, 0.1) is 5.54 Å². The second-order valence-corrected chi connectivity index (χ2v) is 15.9. The number of alkyl halides is 3. The molecule has 52 heavy (non-hydrogen) atoms. The van der Waals surface area contributed by atoms with E-state index in [1.807, 2.05) is 17.9 Å². The quantitative estimate of drug-likeness (QED) is 0.151. The van der Waals surface area contributed by atoms with Gasteiger partial charge in [0, 0.05) is 73.1 Å².